The van der Waals surface area contributed by atoms with E-state index in [1.165, 1.54) is 6.92 Å². The van der Waals surface area contributed by atoms with Gasteiger partial charge in [-0.1, -0.05) is 0 Å². The molecule has 0 bridgehead atoms. The Hall–Kier alpha value is -3.41. The van der Waals surface area contributed by atoms with Gasteiger partial charge in [-0.15, -0.1) is 10.2 Å². The van der Waals surface area contributed by atoms with E-state index in [2.05, 4.69) is 20.4 Å². The third kappa shape index (κ3) is 5.07. The largest absolute Gasteiger partial charge is 0.507 e. The molecule has 9 nitrogen and oxygen atoms in total. The average molecular weight is 452 g/mol. The highest BCUT2D eigenvalue weighted by atomic mass is 19.4. The number of hydrogen-bond donors (Lipinski definition) is 4. The van der Waals surface area contributed by atoms with E-state index in [4.69, 9.17) is 5.73 Å². The summed E-state index contributed by atoms with van der Waals surface area (Å²) >= 11 is 0. The van der Waals surface area contributed by atoms with Gasteiger partial charge in [-0.25, -0.2) is 4.79 Å². The Kier molecular flexibility index (Phi) is 6.53. The van der Waals surface area contributed by atoms with Crippen LogP contribution in [0.4, 0.5) is 23.8 Å². The van der Waals surface area contributed by atoms with Crippen molar-refractivity contribution in [1.82, 2.24) is 20.4 Å². The molecule has 2 heterocycles. The van der Waals surface area contributed by atoms with Gasteiger partial charge in [0.1, 0.15) is 11.4 Å². The van der Waals surface area contributed by atoms with E-state index in [9.17, 15) is 27.9 Å². The Morgan fingerprint density at radius 3 is 2.59 bits per heavy atom. The standard InChI is InChI=1S/C20H23F3N6O3/c1-10-15(18(31)26-19(24)32)17(25-12-4-3-7-29(2)9-12)28-27-16(10)13-6-5-11(8-14(13)30)20(21,22)23/h5-6,8,12,30H,3-4,7,9H2,1-2H3,(H,25,28)(H3,24,26,31,32)/t12-/m1/s1. The molecular weight excluding hydrogens is 429 g/mol. The van der Waals surface area contributed by atoms with Crippen LogP contribution in [0.15, 0.2) is 18.2 Å². The van der Waals surface area contributed by atoms with Crippen LogP contribution < -0.4 is 16.4 Å². The quantitative estimate of drug-likeness (QED) is 0.560. The van der Waals surface area contributed by atoms with Crippen LogP contribution >= 0.6 is 0 Å². The molecule has 0 radical (unpaired) electrons. The van der Waals surface area contributed by atoms with E-state index in [0.717, 1.165) is 31.5 Å². The Bertz CT molecular complexity index is 1040. The number of primary amides is 1. The zero-order valence-electron chi connectivity index (χ0n) is 17.5. The summed E-state index contributed by atoms with van der Waals surface area (Å²) in [6.45, 7) is 3.12. The van der Waals surface area contributed by atoms with Crippen molar-refractivity contribution in [2.45, 2.75) is 32.0 Å². The molecule has 0 saturated carbocycles. The van der Waals surface area contributed by atoms with Gasteiger partial charge in [0, 0.05) is 18.2 Å². The molecule has 1 aromatic carbocycles. The number of piperidine rings is 1. The summed E-state index contributed by atoms with van der Waals surface area (Å²) in [4.78, 5) is 26.1. The minimum absolute atomic E-state index is 0.00263. The van der Waals surface area contributed by atoms with Crippen molar-refractivity contribution < 1.29 is 27.9 Å². The number of rotatable bonds is 4. The number of phenolic OH excluding ortho intramolecular Hbond substituents is 1. The Labute approximate surface area is 181 Å². The number of imide groups is 1. The van der Waals surface area contributed by atoms with Gasteiger partial charge in [0.05, 0.1) is 11.1 Å². The number of hydrogen-bond acceptors (Lipinski definition) is 7. The van der Waals surface area contributed by atoms with Crippen molar-refractivity contribution in [1.29, 1.82) is 0 Å². The van der Waals surface area contributed by atoms with E-state index < -0.39 is 29.4 Å². The predicted octanol–water partition coefficient (Wildman–Crippen LogP) is 2.49. The number of benzene rings is 1. The molecule has 12 heteroatoms. The summed E-state index contributed by atoms with van der Waals surface area (Å²) in [6.07, 6.45) is -2.88. The number of amides is 3. The summed E-state index contributed by atoms with van der Waals surface area (Å²) < 4.78 is 38.8. The van der Waals surface area contributed by atoms with Crippen LogP contribution in [0, 0.1) is 6.92 Å². The molecule has 32 heavy (non-hydrogen) atoms. The van der Waals surface area contributed by atoms with Crippen molar-refractivity contribution in [3.8, 4) is 17.0 Å². The minimum atomic E-state index is -4.63. The van der Waals surface area contributed by atoms with Crippen LogP contribution in [-0.4, -0.2) is 58.3 Å². The zero-order valence-corrected chi connectivity index (χ0v) is 17.5. The van der Waals surface area contributed by atoms with Gasteiger partial charge in [0.2, 0.25) is 0 Å². The second kappa shape index (κ2) is 8.99. The lowest BCUT2D eigenvalue weighted by molar-refractivity contribution is -0.137. The molecule has 3 amide bonds. The number of halogens is 3. The van der Waals surface area contributed by atoms with Gasteiger partial charge in [-0.05, 0) is 57.1 Å². The second-order valence-electron chi connectivity index (χ2n) is 7.69. The van der Waals surface area contributed by atoms with Gasteiger partial charge in [-0.3, -0.25) is 10.1 Å². The normalized spacial score (nSPS) is 17.1. The first-order valence-electron chi connectivity index (χ1n) is 9.81. The molecule has 1 fully saturated rings. The number of anilines is 1. The molecule has 1 aliphatic heterocycles. The average Bonchev–Trinajstić information content (AvgIpc) is 2.67. The van der Waals surface area contributed by atoms with E-state index in [0.29, 0.717) is 12.6 Å². The summed E-state index contributed by atoms with van der Waals surface area (Å²) in [5.41, 5.74) is 4.18. The molecule has 0 unspecified atom stereocenters. The summed E-state index contributed by atoms with van der Waals surface area (Å²) in [5, 5.41) is 23.4. The monoisotopic (exact) mass is 452 g/mol. The van der Waals surface area contributed by atoms with Crippen LogP contribution in [0.3, 0.4) is 0 Å². The molecule has 1 aliphatic rings. The van der Waals surface area contributed by atoms with Crippen molar-refractivity contribution in [2.75, 3.05) is 25.5 Å². The summed E-state index contributed by atoms with van der Waals surface area (Å²) in [7, 11) is 1.96. The van der Waals surface area contributed by atoms with E-state index in [-0.39, 0.29) is 34.2 Å². The van der Waals surface area contributed by atoms with Crippen LogP contribution in [0.5, 0.6) is 5.75 Å². The van der Waals surface area contributed by atoms with Crippen molar-refractivity contribution in [2.24, 2.45) is 5.73 Å². The fourth-order valence-corrected chi connectivity index (χ4v) is 3.72. The van der Waals surface area contributed by atoms with E-state index in [1.807, 2.05) is 12.4 Å². The lowest BCUT2D eigenvalue weighted by atomic mass is 9.99. The van der Waals surface area contributed by atoms with Crippen LogP contribution in [-0.2, 0) is 6.18 Å². The molecular formula is C20H23F3N6O3. The number of likely N-dealkylation sites (N-methyl/N-ethyl adjacent to an activating group) is 1. The van der Waals surface area contributed by atoms with Crippen molar-refractivity contribution >= 4 is 17.8 Å². The van der Waals surface area contributed by atoms with E-state index in [1.54, 1.807) is 0 Å². The third-order valence-corrected chi connectivity index (χ3v) is 5.23. The lowest BCUT2D eigenvalue weighted by Gasteiger charge is -2.31. The van der Waals surface area contributed by atoms with Gasteiger partial charge in [0.25, 0.3) is 5.91 Å². The van der Waals surface area contributed by atoms with Crippen LogP contribution in [0.2, 0.25) is 0 Å². The molecule has 1 saturated heterocycles. The van der Waals surface area contributed by atoms with Crippen molar-refractivity contribution in [3.63, 3.8) is 0 Å². The fourth-order valence-electron chi connectivity index (χ4n) is 3.72. The predicted molar refractivity (Wildman–Crippen MR) is 110 cm³/mol. The Morgan fingerprint density at radius 2 is 2.00 bits per heavy atom. The highest BCUT2D eigenvalue weighted by Gasteiger charge is 2.32. The number of urea groups is 1. The Balaban J connectivity index is 2.06. The van der Waals surface area contributed by atoms with Gasteiger partial charge in [0.15, 0.2) is 5.82 Å². The van der Waals surface area contributed by atoms with E-state index >= 15 is 0 Å². The molecule has 172 valence electrons. The topological polar surface area (TPSA) is 133 Å². The number of nitrogens with zero attached hydrogens (tertiary/aromatic N) is 3. The minimum Gasteiger partial charge on any atom is -0.507 e. The number of likely N-dealkylation sites (tertiary alicyclic amines) is 1. The Morgan fingerprint density at radius 1 is 1.28 bits per heavy atom. The highest BCUT2D eigenvalue weighted by Crippen LogP contribution is 2.37. The molecule has 1 aromatic heterocycles. The number of aromatic nitrogens is 2. The molecule has 1 atom stereocenters. The SMILES string of the molecule is Cc1c(-c2ccc(C(F)(F)F)cc2O)nnc(N[C@@H]2CCCN(C)C2)c1C(=O)NC(N)=O. The van der Waals surface area contributed by atoms with Crippen LogP contribution in [0.1, 0.15) is 34.3 Å². The molecule has 5 N–H and O–H groups in total. The number of nitrogens with one attached hydrogen (secondary N) is 2. The first kappa shape index (κ1) is 23.3. The number of phenols is 1. The number of alkyl halides is 3. The third-order valence-electron chi connectivity index (χ3n) is 5.23. The zero-order chi connectivity index (χ0) is 23.6. The molecule has 0 spiro atoms. The fraction of sp³-hybridized carbons (Fsp3) is 0.400. The molecule has 3 rings (SSSR count). The molecule has 0 aliphatic carbocycles. The van der Waals surface area contributed by atoms with Gasteiger partial charge in [-0.2, -0.15) is 13.2 Å². The maximum absolute atomic E-state index is 12.9. The molecule has 2 aromatic rings. The lowest BCUT2D eigenvalue weighted by Crippen LogP contribution is -2.41. The maximum Gasteiger partial charge on any atom is 0.416 e. The van der Waals surface area contributed by atoms with Gasteiger partial charge >= 0.3 is 12.2 Å². The highest BCUT2D eigenvalue weighted by molar-refractivity contribution is 6.08. The number of carbonyl (C=O) groups is 2. The van der Waals surface area contributed by atoms with Crippen molar-refractivity contribution in [3.05, 3.63) is 34.9 Å². The van der Waals surface area contributed by atoms with Gasteiger partial charge < -0.3 is 21.1 Å². The maximum atomic E-state index is 12.9. The van der Waals surface area contributed by atoms with Crippen LogP contribution in [0.25, 0.3) is 11.3 Å². The number of nitrogens with two attached hydrogens (primary N) is 1. The first-order valence-corrected chi connectivity index (χ1v) is 9.81. The smallest absolute Gasteiger partial charge is 0.416 e. The second-order valence-corrected chi connectivity index (χ2v) is 7.69. The summed E-state index contributed by atoms with van der Waals surface area (Å²) in [6, 6.07) is 1.31. The summed E-state index contributed by atoms with van der Waals surface area (Å²) in [5.74, 6) is -1.41. The number of carbonyl (C=O) groups excluding carboxylic acids is 2. The number of aromatic hydroxyl groups is 1. The first-order chi connectivity index (χ1) is 15.0.